The van der Waals surface area contributed by atoms with Gasteiger partial charge in [-0.25, -0.2) is 0 Å². The Morgan fingerprint density at radius 2 is 2.43 bits per heavy atom. The first-order chi connectivity index (χ1) is 6.83. The molecular weight excluding hydrogens is 178 g/mol. The molecule has 1 aliphatic heterocycles. The number of piperazine rings is 1. The molecule has 14 heavy (non-hydrogen) atoms. The van der Waals surface area contributed by atoms with E-state index >= 15 is 0 Å². The SMILES string of the molecule is COCCCNCC1CN(C)CCN1. The van der Waals surface area contributed by atoms with Gasteiger partial charge in [0.05, 0.1) is 0 Å². The van der Waals surface area contributed by atoms with Crippen molar-refractivity contribution in [2.45, 2.75) is 12.5 Å². The van der Waals surface area contributed by atoms with E-state index in [-0.39, 0.29) is 0 Å². The Hall–Kier alpha value is -0.160. The normalized spacial score (nSPS) is 24.0. The maximum Gasteiger partial charge on any atom is 0.0474 e. The van der Waals surface area contributed by atoms with Gasteiger partial charge in [-0.2, -0.15) is 0 Å². The molecule has 0 aromatic carbocycles. The highest BCUT2D eigenvalue weighted by Crippen LogP contribution is 1.94. The van der Waals surface area contributed by atoms with Crippen LogP contribution in [-0.2, 0) is 4.74 Å². The van der Waals surface area contributed by atoms with Gasteiger partial charge in [0.15, 0.2) is 0 Å². The quantitative estimate of drug-likeness (QED) is 0.569. The molecule has 0 amide bonds. The van der Waals surface area contributed by atoms with E-state index in [4.69, 9.17) is 4.74 Å². The third kappa shape index (κ3) is 4.91. The molecule has 0 aliphatic carbocycles. The first kappa shape index (κ1) is 11.9. The van der Waals surface area contributed by atoms with Crippen LogP contribution < -0.4 is 10.6 Å². The summed E-state index contributed by atoms with van der Waals surface area (Å²) in [5, 5.41) is 6.95. The topological polar surface area (TPSA) is 36.5 Å². The van der Waals surface area contributed by atoms with Crippen molar-refractivity contribution in [2.24, 2.45) is 0 Å². The standard InChI is InChI=1S/C10H23N3O/c1-13-6-5-12-10(9-13)8-11-4-3-7-14-2/h10-12H,3-9H2,1-2H3. The number of nitrogens with one attached hydrogen (secondary N) is 2. The van der Waals surface area contributed by atoms with Crippen LogP contribution in [0.25, 0.3) is 0 Å². The maximum atomic E-state index is 4.99. The van der Waals surface area contributed by atoms with Gasteiger partial charge in [0.2, 0.25) is 0 Å². The van der Waals surface area contributed by atoms with E-state index in [1.54, 1.807) is 7.11 Å². The molecule has 0 aromatic heterocycles. The summed E-state index contributed by atoms with van der Waals surface area (Å²) in [6.45, 7) is 6.40. The Kier molecular flexibility index (Phi) is 6.10. The number of methoxy groups -OCH3 is 1. The molecule has 1 rings (SSSR count). The number of ether oxygens (including phenoxy) is 1. The smallest absolute Gasteiger partial charge is 0.0474 e. The molecule has 0 saturated carbocycles. The summed E-state index contributed by atoms with van der Waals surface area (Å²) in [4.78, 5) is 2.37. The van der Waals surface area contributed by atoms with Gasteiger partial charge < -0.3 is 20.3 Å². The second-order valence-corrected chi connectivity index (χ2v) is 3.96. The van der Waals surface area contributed by atoms with E-state index in [0.717, 1.165) is 39.2 Å². The second-order valence-electron chi connectivity index (χ2n) is 3.96. The Balaban J connectivity index is 1.95. The highest BCUT2D eigenvalue weighted by Gasteiger charge is 2.14. The zero-order valence-corrected chi connectivity index (χ0v) is 9.38. The van der Waals surface area contributed by atoms with Crippen molar-refractivity contribution in [1.29, 1.82) is 0 Å². The van der Waals surface area contributed by atoms with E-state index in [9.17, 15) is 0 Å². The van der Waals surface area contributed by atoms with Gasteiger partial charge in [0, 0.05) is 45.9 Å². The van der Waals surface area contributed by atoms with Gasteiger partial charge in [0.1, 0.15) is 0 Å². The van der Waals surface area contributed by atoms with Crippen molar-refractivity contribution < 1.29 is 4.74 Å². The van der Waals surface area contributed by atoms with Crippen LogP contribution in [0.2, 0.25) is 0 Å². The lowest BCUT2D eigenvalue weighted by molar-refractivity contribution is 0.192. The molecule has 0 bridgehead atoms. The van der Waals surface area contributed by atoms with Gasteiger partial charge in [-0.05, 0) is 20.0 Å². The van der Waals surface area contributed by atoms with E-state index in [0.29, 0.717) is 6.04 Å². The molecule has 1 aliphatic rings. The van der Waals surface area contributed by atoms with Gasteiger partial charge in [0.25, 0.3) is 0 Å². The minimum atomic E-state index is 0.608. The number of hydrogen-bond donors (Lipinski definition) is 2. The molecule has 84 valence electrons. The lowest BCUT2D eigenvalue weighted by Crippen LogP contribution is -2.53. The first-order valence-electron chi connectivity index (χ1n) is 5.44. The summed E-state index contributed by atoms with van der Waals surface area (Å²) in [5.74, 6) is 0. The Bertz CT molecular complexity index is 143. The fourth-order valence-corrected chi connectivity index (χ4v) is 1.75. The number of hydrogen-bond acceptors (Lipinski definition) is 4. The summed E-state index contributed by atoms with van der Waals surface area (Å²) < 4.78 is 4.99. The maximum absolute atomic E-state index is 4.99. The zero-order valence-electron chi connectivity index (χ0n) is 9.38. The predicted molar refractivity (Wildman–Crippen MR) is 58.7 cm³/mol. The third-order valence-electron chi connectivity index (χ3n) is 2.55. The van der Waals surface area contributed by atoms with Gasteiger partial charge in [-0.15, -0.1) is 0 Å². The van der Waals surface area contributed by atoms with Crippen molar-refractivity contribution in [3.05, 3.63) is 0 Å². The van der Waals surface area contributed by atoms with E-state index in [2.05, 4.69) is 22.6 Å². The highest BCUT2D eigenvalue weighted by molar-refractivity contribution is 4.78. The van der Waals surface area contributed by atoms with Crippen LogP contribution in [0.1, 0.15) is 6.42 Å². The highest BCUT2D eigenvalue weighted by atomic mass is 16.5. The molecule has 1 heterocycles. The Labute approximate surface area is 87.0 Å². The fourth-order valence-electron chi connectivity index (χ4n) is 1.75. The van der Waals surface area contributed by atoms with E-state index in [1.807, 2.05) is 0 Å². The molecule has 0 spiro atoms. The number of rotatable bonds is 6. The minimum absolute atomic E-state index is 0.608. The summed E-state index contributed by atoms with van der Waals surface area (Å²) >= 11 is 0. The molecule has 4 nitrogen and oxygen atoms in total. The molecule has 1 unspecified atom stereocenters. The van der Waals surface area contributed by atoms with E-state index < -0.39 is 0 Å². The van der Waals surface area contributed by atoms with Crippen LogP contribution >= 0.6 is 0 Å². The molecule has 2 N–H and O–H groups in total. The average Bonchev–Trinajstić information content (AvgIpc) is 2.18. The lowest BCUT2D eigenvalue weighted by Gasteiger charge is -2.31. The van der Waals surface area contributed by atoms with Crippen molar-refractivity contribution in [3.63, 3.8) is 0 Å². The Morgan fingerprint density at radius 3 is 3.14 bits per heavy atom. The van der Waals surface area contributed by atoms with Gasteiger partial charge in [-0.1, -0.05) is 0 Å². The minimum Gasteiger partial charge on any atom is -0.385 e. The largest absolute Gasteiger partial charge is 0.385 e. The summed E-state index contributed by atoms with van der Waals surface area (Å²) in [6, 6.07) is 0.608. The van der Waals surface area contributed by atoms with Crippen molar-refractivity contribution in [1.82, 2.24) is 15.5 Å². The second kappa shape index (κ2) is 7.17. The summed E-state index contributed by atoms with van der Waals surface area (Å²) in [6.07, 6.45) is 1.10. The van der Waals surface area contributed by atoms with Gasteiger partial charge >= 0.3 is 0 Å². The zero-order chi connectivity index (χ0) is 10.2. The molecule has 0 radical (unpaired) electrons. The monoisotopic (exact) mass is 201 g/mol. The average molecular weight is 201 g/mol. The molecule has 1 saturated heterocycles. The van der Waals surface area contributed by atoms with E-state index in [1.165, 1.54) is 6.54 Å². The van der Waals surface area contributed by atoms with Gasteiger partial charge in [-0.3, -0.25) is 0 Å². The fraction of sp³-hybridized carbons (Fsp3) is 1.00. The van der Waals surface area contributed by atoms with Crippen LogP contribution in [0.15, 0.2) is 0 Å². The molecular formula is C10H23N3O. The molecule has 1 atom stereocenters. The lowest BCUT2D eigenvalue weighted by atomic mass is 10.2. The van der Waals surface area contributed by atoms with Crippen molar-refractivity contribution >= 4 is 0 Å². The van der Waals surface area contributed by atoms with Crippen LogP contribution in [0.5, 0.6) is 0 Å². The predicted octanol–water partition coefficient (Wildman–Crippen LogP) is -0.484. The third-order valence-corrected chi connectivity index (χ3v) is 2.55. The van der Waals surface area contributed by atoms with Crippen LogP contribution in [-0.4, -0.2) is 64.4 Å². The summed E-state index contributed by atoms with van der Waals surface area (Å²) in [7, 11) is 3.93. The molecule has 0 aromatic rings. The summed E-state index contributed by atoms with van der Waals surface area (Å²) in [5.41, 5.74) is 0. The molecule has 4 heteroatoms. The molecule has 1 fully saturated rings. The number of likely N-dealkylation sites (N-methyl/N-ethyl adjacent to an activating group) is 1. The van der Waals surface area contributed by atoms with Crippen molar-refractivity contribution in [3.8, 4) is 0 Å². The van der Waals surface area contributed by atoms with Crippen LogP contribution in [0.4, 0.5) is 0 Å². The first-order valence-corrected chi connectivity index (χ1v) is 5.44. The van der Waals surface area contributed by atoms with Crippen molar-refractivity contribution in [2.75, 3.05) is 53.5 Å². The Morgan fingerprint density at radius 1 is 1.57 bits per heavy atom. The van der Waals surface area contributed by atoms with Crippen LogP contribution in [0.3, 0.4) is 0 Å². The van der Waals surface area contributed by atoms with Crippen LogP contribution in [0, 0.1) is 0 Å². The number of nitrogens with zero attached hydrogens (tertiary/aromatic N) is 1.